The number of hydrogen-bond donors (Lipinski definition) is 1. The number of rotatable bonds is 7. The van der Waals surface area contributed by atoms with E-state index in [0.29, 0.717) is 17.8 Å². The largest absolute Gasteiger partial charge is 0.372 e. The number of carbonyl (C=O) groups is 1. The van der Waals surface area contributed by atoms with Crippen molar-refractivity contribution in [2.45, 2.75) is 46.1 Å². The van der Waals surface area contributed by atoms with Gasteiger partial charge in [0.05, 0.1) is 11.9 Å². The van der Waals surface area contributed by atoms with E-state index >= 15 is 0 Å². The first-order valence-corrected chi connectivity index (χ1v) is 12.3. The molecule has 1 amide bonds. The van der Waals surface area contributed by atoms with Gasteiger partial charge in [0.25, 0.3) is 0 Å². The molecule has 1 aliphatic rings. The van der Waals surface area contributed by atoms with Crippen molar-refractivity contribution in [3.63, 3.8) is 0 Å². The van der Waals surface area contributed by atoms with Gasteiger partial charge in [0.1, 0.15) is 6.04 Å². The van der Waals surface area contributed by atoms with Gasteiger partial charge in [-0.1, -0.05) is 19.1 Å². The van der Waals surface area contributed by atoms with Crippen molar-refractivity contribution in [2.75, 3.05) is 33.9 Å². The number of nitrogens with zero attached hydrogens (tertiary/aromatic N) is 2. The van der Waals surface area contributed by atoms with Crippen LogP contribution in [0.25, 0.3) is 0 Å². The molecule has 3 rings (SSSR count). The summed E-state index contributed by atoms with van der Waals surface area (Å²) in [6.45, 7) is 7.70. The number of anilines is 3. The maximum absolute atomic E-state index is 13.1. The molecule has 6 nitrogen and oxygen atoms in total. The number of amides is 1. The number of aryl methyl sites for hydroxylation is 2. The van der Waals surface area contributed by atoms with Gasteiger partial charge in [0.15, 0.2) is 0 Å². The summed E-state index contributed by atoms with van der Waals surface area (Å²) >= 11 is 0. The molecule has 1 unspecified atom stereocenters. The lowest BCUT2D eigenvalue weighted by Gasteiger charge is -2.31. The Hall–Kier alpha value is -2.54. The Bertz CT molecular complexity index is 997. The molecule has 0 saturated carbocycles. The molecular weight excluding hydrogens is 398 g/mol. The lowest BCUT2D eigenvalue weighted by Crippen LogP contribution is -2.47. The smallest absolute Gasteiger partial charge is 0.248 e. The summed E-state index contributed by atoms with van der Waals surface area (Å²) in [6.07, 6.45) is 3.92. The maximum atomic E-state index is 13.1. The third-order valence-electron chi connectivity index (χ3n) is 5.54. The molecule has 1 aliphatic heterocycles. The van der Waals surface area contributed by atoms with E-state index in [9.17, 15) is 13.2 Å². The van der Waals surface area contributed by atoms with Gasteiger partial charge in [0.2, 0.25) is 15.9 Å². The highest BCUT2D eigenvalue weighted by molar-refractivity contribution is 7.92. The second-order valence-electron chi connectivity index (χ2n) is 8.00. The Morgan fingerprint density at radius 3 is 2.30 bits per heavy atom. The quantitative estimate of drug-likeness (QED) is 0.720. The lowest BCUT2D eigenvalue weighted by atomic mass is 10.1. The molecular formula is C23H31N3O3S. The molecule has 7 heteroatoms. The number of carbonyl (C=O) groups excluding carboxylic acids is 1. The van der Waals surface area contributed by atoms with Crippen LogP contribution in [0, 0.1) is 13.8 Å². The zero-order valence-corrected chi connectivity index (χ0v) is 19.0. The van der Waals surface area contributed by atoms with Gasteiger partial charge >= 0.3 is 0 Å². The highest BCUT2D eigenvalue weighted by Crippen LogP contribution is 2.28. The summed E-state index contributed by atoms with van der Waals surface area (Å²) in [7, 11) is -3.66. The molecule has 0 radical (unpaired) electrons. The molecule has 0 aromatic heterocycles. The Kier molecular flexibility index (Phi) is 6.71. The van der Waals surface area contributed by atoms with Crippen molar-refractivity contribution in [2.24, 2.45) is 0 Å². The minimum Gasteiger partial charge on any atom is -0.372 e. The van der Waals surface area contributed by atoms with E-state index in [1.807, 2.05) is 63.2 Å². The summed E-state index contributed by atoms with van der Waals surface area (Å²) in [6, 6.07) is 12.5. The Morgan fingerprint density at radius 1 is 1.10 bits per heavy atom. The molecule has 1 heterocycles. The molecule has 1 atom stereocenters. The molecule has 162 valence electrons. The maximum Gasteiger partial charge on any atom is 0.248 e. The highest BCUT2D eigenvalue weighted by Gasteiger charge is 2.32. The fourth-order valence-electron chi connectivity index (χ4n) is 3.95. The van der Waals surface area contributed by atoms with Crippen LogP contribution in [0.15, 0.2) is 42.5 Å². The number of hydrogen-bond acceptors (Lipinski definition) is 4. The second kappa shape index (κ2) is 9.08. The summed E-state index contributed by atoms with van der Waals surface area (Å²) in [4.78, 5) is 15.4. The van der Waals surface area contributed by atoms with E-state index in [1.54, 1.807) is 0 Å². The van der Waals surface area contributed by atoms with Crippen molar-refractivity contribution >= 4 is 33.0 Å². The van der Waals surface area contributed by atoms with Gasteiger partial charge < -0.3 is 10.2 Å². The van der Waals surface area contributed by atoms with Gasteiger partial charge in [-0.15, -0.1) is 0 Å². The van der Waals surface area contributed by atoms with Crippen molar-refractivity contribution in [3.8, 4) is 0 Å². The molecule has 1 saturated heterocycles. The second-order valence-corrected chi connectivity index (χ2v) is 9.86. The van der Waals surface area contributed by atoms with Gasteiger partial charge in [-0.25, -0.2) is 8.42 Å². The predicted octanol–water partition coefficient (Wildman–Crippen LogP) is 4.09. The van der Waals surface area contributed by atoms with Crippen LogP contribution in [-0.4, -0.2) is 39.7 Å². The molecule has 2 aromatic rings. The average Bonchev–Trinajstić information content (AvgIpc) is 3.22. The third kappa shape index (κ3) is 4.95. The van der Waals surface area contributed by atoms with Crippen LogP contribution in [0.4, 0.5) is 17.1 Å². The zero-order valence-electron chi connectivity index (χ0n) is 18.2. The first-order chi connectivity index (χ1) is 14.2. The Balaban J connectivity index is 1.84. The fourth-order valence-corrected chi connectivity index (χ4v) is 5.21. The minimum absolute atomic E-state index is 0.335. The van der Waals surface area contributed by atoms with Crippen molar-refractivity contribution in [3.05, 3.63) is 53.6 Å². The Labute approximate surface area is 179 Å². The molecule has 0 spiro atoms. The monoisotopic (exact) mass is 429 g/mol. The van der Waals surface area contributed by atoms with E-state index in [0.717, 1.165) is 36.2 Å². The molecule has 1 fully saturated rings. The lowest BCUT2D eigenvalue weighted by molar-refractivity contribution is -0.117. The molecule has 1 N–H and O–H groups in total. The van der Waals surface area contributed by atoms with E-state index < -0.39 is 16.1 Å². The summed E-state index contributed by atoms with van der Waals surface area (Å²) in [5, 5.41) is 2.90. The highest BCUT2D eigenvalue weighted by atomic mass is 32.2. The third-order valence-corrected chi connectivity index (χ3v) is 6.70. The molecule has 30 heavy (non-hydrogen) atoms. The fraction of sp³-hybridized carbons (Fsp3) is 0.435. The minimum atomic E-state index is -3.66. The first-order valence-electron chi connectivity index (χ1n) is 10.4. The standard InChI is InChI=1S/C23H31N3O3S/c1-5-21(26(30(4,28)29)22-16-17(2)8-9-18(22)3)23(27)24-19-10-12-20(13-11-19)25-14-6-7-15-25/h8-13,16,21H,5-7,14-15H2,1-4H3,(H,24,27). The van der Waals surface area contributed by atoms with E-state index in [2.05, 4.69) is 10.2 Å². The molecule has 2 aromatic carbocycles. The summed E-state index contributed by atoms with van der Waals surface area (Å²) in [5.74, 6) is -0.335. The topological polar surface area (TPSA) is 69.7 Å². The van der Waals surface area contributed by atoms with Crippen LogP contribution in [0.3, 0.4) is 0 Å². The summed E-state index contributed by atoms with van der Waals surface area (Å²) < 4.78 is 26.6. The van der Waals surface area contributed by atoms with E-state index in [-0.39, 0.29) is 5.91 Å². The number of sulfonamides is 1. The number of benzene rings is 2. The van der Waals surface area contributed by atoms with Gasteiger partial charge in [-0.2, -0.15) is 0 Å². The van der Waals surface area contributed by atoms with Gasteiger partial charge in [-0.05, 0) is 74.6 Å². The van der Waals surface area contributed by atoms with Gasteiger partial charge in [0, 0.05) is 24.5 Å². The van der Waals surface area contributed by atoms with Crippen LogP contribution in [0.5, 0.6) is 0 Å². The normalized spacial score (nSPS) is 15.1. The summed E-state index contributed by atoms with van der Waals surface area (Å²) in [5.41, 5.74) is 4.11. The van der Waals surface area contributed by atoms with Crippen LogP contribution in [0.1, 0.15) is 37.3 Å². The van der Waals surface area contributed by atoms with Crippen LogP contribution >= 0.6 is 0 Å². The molecule has 0 bridgehead atoms. The van der Waals surface area contributed by atoms with Crippen LogP contribution < -0.4 is 14.5 Å². The van der Waals surface area contributed by atoms with E-state index in [4.69, 9.17) is 0 Å². The van der Waals surface area contributed by atoms with Crippen molar-refractivity contribution < 1.29 is 13.2 Å². The average molecular weight is 430 g/mol. The van der Waals surface area contributed by atoms with Crippen LogP contribution in [-0.2, 0) is 14.8 Å². The van der Waals surface area contributed by atoms with Crippen molar-refractivity contribution in [1.29, 1.82) is 0 Å². The first kappa shape index (κ1) is 22.2. The predicted molar refractivity (Wildman–Crippen MR) is 124 cm³/mol. The zero-order chi connectivity index (χ0) is 21.9. The van der Waals surface area contributed by atoms with E-state index in [1.165, 1.54) is 17.1 Å². The van der Waals surface area contributed by atoms with Crippen LogP contribution in [0.2, 0.25) is 0 Å². The number of nitrogens with one attached hydrogen (secondary N) is 1. The van der Waals surface area contributed by atoms with Gasteiger partial charge in [-0.3, -0.25) is 9.10 Å². The molecule has 0 aliphatic carbocycles. The van der Waals surface area contributed by atoms with Crippen molar-refractivity contribution in [1.82, 2.24) is 0 Å². The SMILES string of the molecule is CCC(C(=O)Nc1ccc(N2CCCC2)cc1)N(c1cc(C)ccc1C)S(C)(=O)=O. The Morgan fingerprint density at radius 2 is 1.73 bits per heavy atom.